The SMILES string of the molecule is C[Si](C)(C)OC(=O)c1cccnc1[N+](=O)[O-]. The fourth-order valence-electron chi connectivity index (χ4n) is 1.03. The summed E-state index contributed by atoms with van der Waals surface area (Å²) in [5.74, 6) is -1.15. The largest absolute Gasteiger partial charge is 0.516 e. The quantitative estimate of drug-likeness (QED) is 0.458. The van der Waals surface area contributed by atoms with Crippen LogP contribution in [0.3, 0.4) is 0 Å². The van der Waals surface area contributed by atoms with E-state index < -0.39 is 25.0 Å². The van der Waals surface area contributed by atoms with Crippen molar-refractivity contribution in [3.63, 3.8) is 0 Å². The lowest BCUT2D eigenvalue weighted by Gasteiger charge is -2.16. The highest BCUT2D eigenvalue weighted by Crippen LogP contribution is 2.17. The highest BCUT2D eigenvalue weighted by Gasteiger charge is 2.27. The lowest BCUT2D eigenvalue weighted by Crippen LogP contribution is -2.29. The first-order chi connectivity index (χ1) is 7.31. The van der Waals surface area contributed by atoms with E-state index in [1.165, 1.54) is 18.3 Å². The monoisotopic (exact) mass is 240 g/mol. The average molecular weight is 240 g/mol. The first-order valence-corrected chi connectivity index (χ1v) is 8.05. The summed E-state index contributed by atoms with van der Waals surface area (Å²) in [4.78, 5) is 25.1. The fraction of sp³-hybridized carbons (Fsp3) is 0.333. The maximum Gasteiger partial charge on any atom is 0.378 e. The van der Waals surface area contributed by atoms with Gasteiger partial charge in [-0.25, -0.2) is 4.79 Å². The molecule has 0 radical (unpaired) electrons. The van der Waals surface area contributed by atoms with E-state index in [9.17, 15) is 14.9 Å². The number of hydrogen-bond donors (Lipinski definition) is 0. The lowest BCUT2D eigenvalue weighted by molar-refractivity contribution is -0.389. The summed E-state index contributed by atoms with van der Waals surface area (Å²) in [5, 5.41) is 10.6. The van der Waals surface area contributed by atoms with Gasteiger partial charge in [0, 0.05) is 0 Å². The first kappa shape index (κ1) is 12.3. The van der Waals surface area contributed by atoms with Crippen molar-refractivity contribution >= 4 is 20.1 Å². The molecule has 0 unspecified atom stereocenters. The molecule has 16 heavy (non-hydrogen) atoms. The van der Waals surface area contributed by atoms with Crippen LogP contribution in [0.15, 0.2) is 18.3 Å². The molecule has 0 spiro atoms. The molecule has 0 saturated heterocycles. The topological polar surface area (TPSA) is 82.3 Å². The molecule has 7 heteroatoms. The van der Waals surface area contributed by atoms with Gasteiger partial charge in [0.25, 0.3) is 0 Å². The molecule has 1 aromatic rings. The highest BCUT2D eigenvalue weighted by atomic mass is 28.4. The molecule has 0 atom stereocenters. The van der Waals surface area contributed by atoms with Gasteiger partial charge in [-0.05, 0) is 41.7 Å². The van der Waals surface area contributed by atoms with Crippen LogP contribution in [0.4, 0.5) is 5.82 Å². The normalized spacial score (nSPS) is 10.9. The van der Waals surface area contributed by atoms with E-state index in [4.69, 9.17) is 4.43 Å². The summed E-state index contributed by atoms with van der Waals surface area (Å²) >= 11 is 0. The molecule has 86 valence electrons. The highest BCUT2D eigenvalue weighted by molar-refractivity contribution is 6.71. The molecule has 0 bridgehead atoms. The Hall–Kier alpha value is -1.76. The van der Waals surface area contributed by atoms with Crippen LogP contribution in [-0.4, -0.2) is 24.2 Å². The van der Waals surface area contributed by atoms with Gasteiger partial charge in [-0.15, -0.1) is 0 Å². The molecule has 0 amide bonds. The second kappa shape index (κ2) is 4.39. The minimum atomic E-state index is -2.06. The van der Waals surface area contributed by atoms with E-state index in [2.05, 4.69) is 4.98 Å². The number of rotatable bonds is 3. The molecule has 0 aliphatic carbocycles. The molecule has 1 aromatic heterocycles. The van der Waals surface area contributed by atoms with Crippen LogP contribution in [0.1, 0.15) is 10.4 Å². The van der Waals surface area contributed by atoms with Crippen molar-refractivity contribution in [3.05, 3.63) is 34.0 Å². The zero-order valence-corrected chi connectivity index (χ0v) is 10.3. The van der Waals surface area contributed by atoms with Crippen molar-refractivity contribution in [2.24, 2.45) is 0 Å². The number of hydrogen-bond acceptors (Lipinski definition) is 5. The summed E-state index contributed by atoms with van der Waals surface area (Å²) in [6.45, 7) is 5.48. The van der Waals surface area contributed by atoms with Crippen LogP contribution in [0.5, 0.6) is 0 Å². The Morgan fingerprint density at radius 1 is 1.50 bits per heavy atom. The Bertz CT molecular complexity index is 428. The Morgan fingerprint density at radius 2 is 2.12 bits per heavy atom. The van der Waals surface area contributed by atoms with Gasteiger partial charge < -0.3 is 14.5 Å². The van der Waals surface area contributed by atoms with Gasteiger partial charge in [0.1, 0.15) is 6.20 Å². The van der Waals surface area contributed by atoms with E-state index in [1.807, 2.05) is 19.6 Å². The predicted molar refractivity (Wildman–Crippen MR) is 59.7 cm³/mol. The van der Waals surface area contributed by atoms with Crippen LogP contribution >= 0.6 is 0 Å². The molecule has 0 fully saturated rings. The second-order valence-electron chi connectivity index (χ2n) is 4.13. The second-order valence-corrected chi connectivity index (χ2v) is 8.56. The Kier molecular flexibility index (Phi) is 3.38. The van der Waals surface area contributed by atoms with Gasteiger partial charge in [0.2, 0.25) is 8.32 Å². The molecule has 0 aliphatic heterocycles. The molecular weight excluding hydrogens is 228 g/mol. The summed E-state index contributed by atoms with van der Waals surface area (Å²) in [6, 6.07) is 2.81. The first-order valence-electron chi connectivity index (χ1n) is 4.64. The Morgan fingerprint density at radius 3 is 2.62 bits per heavy atom. The standard InChI is InChI=1S/C9H12N2O4Si/c1-16(2,3)15-9(12)7-5-4-6-10-8(7)11(13)14/h4-6H,1-3H3. The van der Waals surface area contributed by atoms with Crippen LogP contribution in [0.25, 0.3) is 0 Å². The van der Waals surface area contributed by atoms with Gasteiger partial charge >= 0.3 is 11.8 Å². The molecule has 6 nitrogen and oxygen atoms in total. The molecule has 0 saturated carbocycles. The summed E-state index contributed by atoms with van der Waals surface area (Å²) in [6.07, 6.45) is 1.27. The van der Waals surface area contributed by atoms with Gasteiger partial charge in [-0.2, -0.15) is 0 Å². The number of pyridine rings is 1. The number of nitrogens with zero attached hydrogens (tertiary/aromatic N) is 2. The minimum absolute atomic E-state index is 0.102. The van der Waals surface area contributed by atoms with Crippen molar-refractivity contribution < 1.29 is 14.1 Å². The third-order valence-corrected chi connectivity index (χ3v) is 2.38. The molecule has 0 aliphatic rings. The van der Waals surface area contributed by atoms with Gasteiger partial charge in [-0.3, -0.25) is 0 Å². The van der Waals surface area contributed by atoms with Crippen molar-refractivity contribution in [2.75, 3.05) is 0 Å². The molecule has 0 N–H and O–H groups in total. The molecule has 0 aromatic carbocycles. The molecule has 1 rings (SSSR count). The zero-order valence-electron chi connectivity index (χ0n) is 9.26. The number of carbonyl (C=O) groups is 1. The van der Waals surface area contributed by atoms with E-state index in [0.717, 1.165) is 0 Å². The van der Waals surface area contributed by atoms with Crippen LogP contribution in [0, 0.1) is 10.1 Å². The van der Waals surface area contributed by atoms with E-state index >= 15 is 0 Å². The summed E-state index contributed by atoms with van der Waals surface area (Å²) in [7, 11) is -2.06. The Labute approximate surface area is 93.5 Å². The van der Waals surface area contributed by atoms with Crippen LogP contribution < -0.4 is 0 Å². The predicted octanol–water partition coefficient (Wildman–Crippen LogP) is 1.98. The third-order valence-electron chi connectivity index (χ3n) is 1.58. The van der Waals surface area contributed by atoms with Crippen LogP contribution in [0.2, 0.25) is 19.6 Å². The van der Waals surface area contributed by atoms with Crippen molar-refractivity contribution in [1.29, 1.82) is 0 Å². The summed E-state index contributed by atoms with van der Waals surface area (Å²) in [5.41, 5.74) is -0.102. The molecular formula is C9H12N2O4Si. The maximum atomic E-state index is 11.7. The minimum Gasteiger partial charge on any atom is -0.516 e. The number of carbonyl (C=O) groups excluding carboxylic acids is 1. The van der Waals surface area contributed by atoms with Crippen molar-refractivity contribution in [1.82, 2.24) is 4.98 Å². The van der Waals surface area contributed by atoms with E-state index in [1.54, 1.807) is 0 Å². The van der Waals surface area contributed by atoms with Gasteiger partial charge in [0.15, 0.2) is 5.56 Å². The van der Waals surface area contributed by atoms with Gasteiger partial charge in [-0.1, -0.05) is 0 Å². The fourth-order valence-corrected chi connectivity index (χ4v) is 1.70. The number of aromatic nitrogens is 1. The lowest BCUT2D eigenvalue weighted by atomic mass is 10.2. The summed E-state index contributed by atoms with van der Waals surface area (Å²) < 4.78 is 5.17. The van der Waals surface area contributed by atoms with E-state index in [0.29, 0.717) is 0 Å². The van der Waals surface area contributed by atoms with Crippen LogP contribution in [-0.2, 0) is 4.43 Å². The maximum absolute atomic E-state index is 11.7. The van der Waals surface area contributed by atoms with E-state index in [-0.39, 0.29) is 5.56 Å². The smallest absolute Gasteiger partial charge is 0.378 e. The zero-order chi connectivity index (χ0) is 12.3. The van der Waals surface area contributed by atoms with Gasteiger partial charge in [0.05, 0.1) is 0 Å². The van der Waals surface area contributed by atoms with Crippen molar-refractivity contribution in [3.8, 4) is 0 Å². The Balaban J connectivity index is 3.04. The molecule has 1 heterocycles. The average Bonchev–Trinajstić information content (AvgIpc) is 2.15. The van der Waals surface area contributed by atoms with Crippen molar-refractivity contribution in [2.45, 2.75) is 19.6 Å². The third kappa shape index (κ3) is 3.12. The number of nitro groups is 1.